The Balaban J connectivity index is 2.65. The van der Waals surface area contributed by atoms with Crippen molar-refractivity contribution < 1.29 is 18.3 Å². The number of halogens is 2. The second-order valence-corrected chi connectivity index (χ2v) is 4.08. The van der Waals surface area contributed by atoms with Crippen molar-refractivity contribution in [3.63, 3.8) is 0 Å². The number of benzene rings is 1. The van der Waals surface area contributed by atoms with Crippen molar-refractivity contribution in [3.05, 3.63) is 35.9 Å². The summed E-state index contributed by atoms with van der Waals surface area (Å²) >= 11 is 0. The Morgan fingerprint density at radius 2 is 1.63 bits per heavy atom. The Morgan fingerprint density at radius 1 is 1.00 bits per heavy atom. The van der Waals surface area contributed by atoms with Crippen LogP contribution >= 0.6 is 0 Å². The fourth-order valence-corrected chi connectivity index (χ4v) is 1.44. The van der Waals surface area contributed by atoms with Gasteiger partial charge >= 0.3 is 0 Å². The van der Waals surface area contributed by atoms with Gasteiger partial charge in [0.2, 0.25) is 11.6 Å². The van der Waals surface area contributed by atoms with E-state index in [2.05, 4.69) is 0 Å². The fraction of sp³-hybridized carbons (Fsp3) is 0.467. The van der Waals surface area contributed by atoms with Gasteiger partial charge in [0.15, 0.2) is 11.5 Å². The van der Waals surface area contributed by atoms with Crippen LogP contribution in [0.4, 0.5) is 8.78 Å². The molecule has 0 radical (unpaired) electrons. The van der Waals surface area contributed by atoms with Gasteiger partial charge in [-0.3, -0.25) is 0 Å². The molecule has 0 heterocycles. The Bertz CT molecular complexity index is 417. The predicted octanol–water partition coefficient (Wildman–Crippen LogP) is 4.49. The molecular weight excluding hydrogens is 250 g/mol. The van der Waals surface area contributed by atoms with E-state index in [0.717, 1.165) is 19.3 Å². The minimum atomic E-state index is -1.00. The monoisotopic (exact) mass is 270 g/mol. The first-order valence-electron chi connectivity index (χ1n) is 6.59. The van der Waals surface area contributed by atoms with Gasteiger partial charge in [0, 0.05) is 0 Å². The molecule has 19 heavy (non-hydrogen) atoms. The van der Waals surface area contributed by atoms with Crippen LogP contribution in [0.3, 0.4) is 0 Å². The Kier molecular flexibility index (Phi) is 6.93. The molecule has 0 bridgehead atoms. The minimum absolute atomic E-state index is 0.0672. The van der Waals surface area contributed by atoms with Crippen LogP contribution in [-0.4, -0.2) is 13.2 Å². The topological polar surface area (TPSA) is 18.5 Å². The predicted molar refractivity (Wildman–Crippen MR) is 71.7 cm³/mol. The van der Waals surface area contributed by atoms with Crippen molar-refractivity contribution in [2.45, 2.75) is 33.1 Å². The molecule has 0 atom stereocenters. The lowest BCUT2D eigenvalue weighted by Gasteiger charge is -2.10. The third kappa shape index (κ3) is 4.89. The number of unbranched alkanes of at least 4 members (excludes halogenated alkanes) is 1. The highest BCUT2D eigenvalue weighted by Crippen LogP contribution is 2.27. The van der Waals surface area contributed by atoms with Crippen LogP contribution in [0, 0.1) is 11.6 Å². The smallest absolute Gasteiger partial charge is 0.204 e. The zero-order chi connectivity index (χ0) is 14.1. The SMILES string of the molecule is CC/C=C\COc1ccc(OCCCC)c(F)c1F. The van der Waals surface area contributed by atoms with Gasteiger partial charge in [0.05, 0.1) is 6.61 Å². The lowest BCUT2D eigenvalue weighted by Crippen LogP contribution is -2.03. The summed E-state index contributed by atoms with van der Waals surface area (Å²) < 4.78 is 37.7. The average Bonchev–Trinajstić information content (AvgIpc) is 2.42. The van der Waals surface area contributed by atoms with E-state index in [-0.39, 0.29) is 18.1 Å². The van der Waals surface area contributed by atoms with Gasteiger partial charge in [0.25, 0.3) is 0 Å². The summed E-state index contributed by atoms with van der Waals surface area (Å²) in [6, 6.07) is 2.78. The first kappa shape index (κ1) is 15.5. The first-order valence-corrected chi connectivity index (χ1v) is 6.59. The van der Waals surface area contributed by atoms with E-state index in [1.165, 1.54) is 12.1 Å². The van der Waals surface area contributed by atoms with E-state index in [4.69, 9.17) is 9.47 Å². The van der Waals surface area contributed by atoms with Gasteiger partial charge in [0.1, 0.15) is 6.61 Å². The van der Waals surface area contributed by atoms with Crippen molar-refractivity contribution in [1.29, 1.82) is 0 Å². The molecule has 0 N–H and O–H groups in total. The maximum Gasteiger partial charge on any atom is 0.204 e. The number of ether oxygens (including phenoxy) is 2. The molecule has 0 aliphatic carbocycles. The van der Waals surface area contributed by atoms with Crippen molar-refractivity contribution in [2.24, 2.45) is 0 Å². The standard InChI is InChI=1S/C15H20F2O2/c1-3-5-7-11-19-13-9-8-12(14(16)15(13)17)18-10-6-4-2/h5,7-9H,3-4,6,10-11H2,1-2H3/b7-5-. The maximum absolute atomic E-state index is 13.7. The summed E-state index contributed by atoms with van der Waals surface area (Å²) in [5.74, 6) is -2.16. The fourth-order valence-electron chi connectivity index (χ4n) is 1.44. The number of hydrogen-bond acceptors (Lipinski definition) is 2. The highest BCUT2D eigenvalue weighted by molar-refractivity contribution is 5.35. The molecule has 0 amide bonds. The summed E-state index contributed by atoms with van der Waals surface area (Å²) in [5.41, 5.74) is 0. The molecule has 1 aromatic carbocycles. The molecule has 2 nitrogen and oxygen atoms in total. The van der Waals surface area contributed by atoms with Crippen LogP contribution in [0.1, 0.15) is 33.1 Å². The van der Waals surface area contributed by atoms with E-state index in [1.54, 1.807) is 6.08 Å². The van der Waals surface area contributed by atoms with E-state index in [9.17, 15) is 8.78 Å². The number of rotatable bonds is 8. The summed E-state index contributed by atoms with van der Waals surface area (Å²) in [6.45, 7) is 4.59. The highest BCUT2D eigenvalue weighted by atomic mass is 19.2. The van der Waals surface area contributed by atoms with Crippen molar-refractivity contribution in [1.82, 2.24) is 0 Å². The molecule has 0 aromatic heterocycles. The van der Waals surface area contributed by atoms with Crippen LogP contribution in [0.5, 0.6) is 11.5 Å². The van der Waals surface area contributed by atoms with E-state index in [1.807, 2.05) is 19.9 Å². The Morgan fingerprint density at radius 3 is 2.21 bits per heavy atom. The summed E-state index contributed by atoms with van der Waals surface area (Å²) in [7, 11) is 0. The zero-order valence-electron chi connectivity index (χ0n) is 11.4. The van der Waals surface area contributed by atoms with Crippen molar-refractivity contribution in [3.8, 4) is 11.5 Å². The third-order valence-electron chi connectivity index (χ3n) is 2.50. The van der Waals surface area contributed by atoms with Gasteiger partial charge in [-0.15, -0.1) is 0 Å². The molecular formula is C15H20F2O2. The van der Waals surface area contributed by atoms with Gasteiger partial charge in [-0.05, 0) is 25.0 Å². The molecule has 0 spiro atoms. The second kappa shape index (κ2) is 8.51. The van der Waals surface area contributed by atoms with Crippen LogP contribution in [-0.2, 0) is 0 Å². The van der Waals surface area contributed by atoms with Crippen LogP contribution < -0.4 is 9.47 Å². The Labute approximate surface area is 113 Å². The quantitative estimate of drug-likeness (QED) is 0.512. The number of allylic oxidation sites excluding steroid dienone is 1. The Hall–Kier alpha value is -1.58. The van der Waals surface area contributed by atoms with Crippen molar-refractivity contribution >= 4 is 0 Å². The van der Waals surface area contributed by atoms with Crippen LogP contribution in [0.15, 0.2) is 24.3 Å². The molecule has 106 valence electrons. The molecule has 0 saturated heterocycles. The maximum atomic E-state index is 13.7. The molecule has 1 rings (SSSR count). The highest BCUT2D eigenvalue weighted by Gasteiger charge is 2.15. The molecule has 1 aromatic rings. The average molecular weight is 270 g/mol. The minimum Gasteiger partial charge on any atom is -0.490 e. The lowest BCUT2D eigenvalue weighted by atomic mass is 10.3. The van der Waals surface area contributed by atoms with E-state index < -0.39 is 11.6 Å². The molecule has 4 heteroatoms. The first-order chi connectivity index (χ1) is 9.20. The van der Waals surface area contributed by atoms with Gasteiger partial charge < -0.3 is 9.47 Å². The van der Waals surface area contributed by atoms with Gasteiger partial charge in [-0.25, -0.2) is 0 Å². The zero-order valence-corrected chi connectivity index (χ0v) is 11.4. The van der Waals surface area contributed by atoms with E-state index in [0.29, 0.717) is 6.61 Å². The summed E-state index contributed by atoms with van der Waals surface area (Å²) in [5, 5.41) is 0. The number of hydrogen-bond donors (Lipinski definition) is 0. The van der Waals surface area contributed by atoms with Crippen molar-refractivity contribution in [2.75, 3.05) is 13.2 Å². The molecule has 0 unspecified atom stereocenters. The molecule has 0 aliphatic heterocycles. The normalized spacial score (nSPS) is 10.9. The lowest BCUT2D eigenvalue weighted by molar-refractivity contribution is 0.280. The molecule has 0 fully saturated rings. The largest absolute Gasteiger partial charge is 0.490 e. The van der Waals surface area contributed by atoms with E-state index >= 15 is 0 Å². The van der Waals surface area contributed by atoms with Crippen LogP contribution in [0.25, 0.3) is 0 Å². The van der Waals surface area contributed by atoms with Crippen LogP contribution in [0.2, 0.25) is 0 Å². The third-order valence-corrected chi connectivity index (χ3v) is 2.50. The summed E-state index contributed by atoms with van der Waals surface area (Å²) in [4.78, 5) is 0. The summed E-state index contributed by atoms with van der Waals surface area (Å²) in [6.07, 6.45) is 6.29. The second-order valence-electron chi connectivity index (χ2n) is 4.08. The molecule has 0 saturated carbocycles. The van der Waals surface area contributed by atoms with Gasteiger partial charge in [-0.1, -0.05) is 32.4 Å². The molecule has 0 aliphatic rings. The van der Waals surface area contributed by atoms with Gasteiger partial charge in [-0.2, -0.15) is 8.78 Å².